The summed E-state index contributed by atoms with van der Waals surface area (Å²) in [5, 5.41) is 10.2. The van der Waals surface area contributed by atoms with Gasteiger partial charge >= 0.3 is 5.89 Å². The zero-order valence-electron chi connectivity index (χ0n) is 5.75. The van der Waals surface area contributed by atoms with Gasteiger partial charge in [0.1, 0.15) is 7.05 Å². The molecule has 10 heavy (non-hydrogen) atoms. The monoisotopic (exact) mass is 141 g/mol. The maximum atomic E-state index is 10.2. The molecular formula is C6H7NO3. The maximum Gasteiger partial charge on any atom is 0.396 e. The molecule has 0 fully saturated rings. The number of carbonyl (C=O) groups excluding carboxylic acids is 1. The van der Waals surface area contributed by atoms with E-state index in [1.54, 1.807) is 20.2 Å². The Balaban J connectivity index is 3.15. The van der Waals surface area contributed by atoms with Crippen LogP contribution >= 0.6 is 0 Å². The van der Waals surface area contributed by atoms with Crippen molar-refractivity contribution in [2.75, 3.05) is 0 Å². The minimum atomic E-state index is -1.30. The van der Waals surface area contributed by atoms with Gasteiger partial charge in [-0.1, -0.05) is 0 Å². The molecule has 0 radical (unpaired) electrons. The number of hydrogen-bond donors (Lipinski definition) is 0. The van der Waals surface area contributed by atoms with Crippen LogP contribution in [0.1, 0.15) is 16.4 Å². The third kappa shape index (κ3) is 1.00. The number of oxazole rings is 1. The molecule has 54 valence electrons. The number of aromatic nitrogens is 1. The van der Waals surface area contributed by atoms with Gasteiger partial charge < -0.3 is 14.3 Å². The molecule has 0 saturated heterocycles. The van der Waals surface area contributed by atoms with E-state index in [1.165, 1.54) is 4.57 Å². The first-order valence-electron chi connectivity index (χ1n) is 2.78. The van der Waals surface area contributed by atoms with Crippen molar-refractivity contribution >= 4 is 5.97 Å². The molecule has 0 bridgehead atoms. The quantitative estimate of drug-likeness (QED) is 0.460. The van der Waals surface area contributed by atoms with E-state index in [4.69, 9.17) is 4.42 Å². The first kappa shape index (κ1) is 6.80. The zero-order chi connectivity index (χ0) is 7.72. The molecule has 1 aromatic rings. The first-order valence-corrected chi connectivity index (χ1v) is 2.78. The van der Waals surface area contributed by atoms with Crippen LogP contribution in [0.5, 0.6) is 0 Å². The van der Waals surface area contributed by atoms with Gasteiger partial charge in [-0.3, -0.25) is 0 Å². The Morgan fingerprint density at radius 1 is 1.80 bits per heavy atom. The van der Waals surface area contributed by atoms with Crippen LogP contribution in [0.15, 0.2) is 10.6 Å². The van der Waals surface area contributed by atoms with E-state index < -0.39 is 5.97 Å². The van der Waals surface area contributed by atoms with E-state index in [0.717, 1.165) is 0 Å². The fourth-order valence-corrected chi connectivity index (χ4v) is 0.768. The number of aromatic carboxylic acids is 1. The average Bonchev–Trinajstić information content (AvgIpc) is 2.10. The molecule has 4 nitrogen and oxygen atoms in total. The lowest BCUT2D eigenvalue weighted by Gasteiger charge is -1.88. The molecule has 0 amide bonds. The highest BCUT2D eigenvalue weighted by molar-refractivity contribution is 5.78. The smallest absolute Gasteiger partial charge is 0.396 e. The van der Waals surface area contributed by atoms with E-state index in [0.29, 0.717) is 5.76 Å². The minimum absolute atomic E-state index is 0.155. The second kappa shape index (κ2) is 2.13. The normalized spacial score (nSPS) is 9.80. The Bertz CT molecular complexity index is 264. The van der Waals surface area contributed by atoms with Crippen LogP contribution in [-0.4, -0.2) is 5.97 Å². The molecule has 1 rings (SSSR count). The summed E-state index contributed by atoms with van der Waals surface area (Å²) < 4.78 is 6.14. The number of aryl methyl sites for hydroxylation is 2. The van der Waals surface area contributed by atoms with Crippen molar-refractivity contribution in [3.05, 3.63) is 17.8 Å². The third-order valence-electron chi connectivity index (χ3n) is 1.13. The summed E-state index contributed by atoms with van der Waals surface area (Å²) in [5.74, 6) is -0.894. The predicted octanol–water partition coefficient (Wildman–Crippen LogP) is -1.22. The molecule has 0 aliphatic carbocycles. The molecule has 0 N–H and O–H groups in total. The molecule has 0 saturated carbocycles. The Labute approximate surface area is 57.7 Å². The van der Waals surface area contributed by atoms with Crippen molar-refractivity contribution in [2.45, 2.75) is 6.92 Å². The highest BCUT2D eigenvalue weighted by Gasteiger charge is 2.13. The topological polar surface area (TPSA) is 57.1 Å². The summed E-state index contributed by atoms with van der Waals surface area (Å²) in [6, 6.07) is 0. The summed E-state index contributed by atoms with van der Waals surface area (Å²) in [5.41, 5.74) is 0. The Hall–Kier alpha value is -1.32. The van der Waals surface area contributed by atoms with Crippen molar-refractivity contribution < 1.29 is 18.9 Å². The molecule has 0 aliphatic heterocycles. The van der Waals surface area contributed by atoms with Crippen molar-refractivity contribution in [2.24, 2.45) is 7.05 Å². The number of nitrogens with zero attached hydrogens (tertiary/aromatic N) is 1. The molecule has 0 atom stereocenters. The van der Waals surface area contributed by atoms with Crippen LogP contribution in [0.4, 0.5) is 0 Å². The van der Waals surface area contributed by atoms with Gasteiger partial charge in [-0.05, 0) is 0 Å². The van der Waals surface area contributed by atoms with Gasteiger partial charge in [-0.2, -0.15) is 4.57 Å². The maximum absolute atomic E-state index is 10.2. The van der Waals surface area contributed by atoms with Gasteiger partial charge in [-0.25, -0.2) is 0 Å². The molecule has 0 aliphatic rings. The van der Waals surface area contributed by atoms with Gasteiger partial charge in [0.15, 0.2) is 11.7 Å². The molecule has 0 spiro atoms. The number of rotatable bonds is 1. The van der Waals surface area contributed by atoms with E-state index in [1.807, 2.05) is 0 Å². The fourth-order valence-electron chi connectivity index (χ4n) is 0.768. The molecular weight excluding hydrogens is 134 g/mol. The minimum Gasteiger partial charge on any atom is -0.537 e. The van der Waals surface area contributed by atoms with Gasteiger partial charge in [-0.15, -0.1) is 0 Å². The highest BCUT2D eigenvalue weighted by Crippen LogP contribution is 1.96. The van der Waals surface area contributed by atoms with Crippen molar-refractivity contribution in [3.8, 4) is 0 Å². The molecule has 0 unspecified atom stereocenters. The van der Waals surface area contributed by atoms with Gasteiger partial charge in [0.2, 0.25) is 6.20 Å². The molecule has 1 heterocycles. The lowest BCUT2D eigenvalue weighted by atomic mass is 10.6. The van der Waals surface area contributed by atoms with Crippen molar-refractivity contribution in [1.82, 2.24) is 0 Å². The van der Waals surface area contributed by atoms with E-state index in [2.05, 4.69) is 0 Å². The number of carbonyl (C=O) groups is 1. The highest BCUT2D eigenvalue weighted by atomic mass is 16.4. The van der Waals surface area contributed by atoms with Crippen LogP contribution in [0.3, 0.4) is 0 Å². The SMILES string of the molecule is Cc1c[n+](C)c(C(=O)[O-])o1. The second-order valence-electron chi connectivity index (χ2n) is 2.05. The lowest BCUT2D eigenvalue weighted by Crippen LogP contribution is -2.38. The summed E-state index contributed by atoms with van der Waals surface area (Å²) in [6.45, 7) is 1.67. The lowest BCUT2D eigenvalue weighted by molar-refractivity contribution is -0.679. The first-order chi connectivity index (χ1) is 4.61. The van der Waals surface area contributed by atoms with Crippen LogP contribution in [0.25, 0.3) is 0 Å². The second-order valence-corrected chi connectivity index (χ2v) is 2.05. The van der Waals surface area contributed by atoms with Crippen LogP contribution in [0, 0.1) is 6.92 Å². The van der Waals surface area contributed by atoms with Crippen molar-refractivity contribution in [3.63, 3.8) is 0 Å². The number of carboxylic acids is 1. The Kier molecular flexibility index (Phi) is 1.45. The van der Waals surface area contributed by atoms with Crippen molar-refractivity contribution in [1.29, 1.82) is 0 Å². The van der Waals surface area contributed by atoms with Gasteiger partial charge in [0.05, 0.1) is 0 Å². The van der Waals surface area contributed by atoms with E-state index in [-0.39, 0.29) is 5.89 Å². The summed E-state index contributed by atoms with van der Waals surface area (Å²) >= 11 is 0. The van der Waals surface area contributed by atoms with Crippen LogP contribution in [-0.2, 0) is 7.05 Å². The third-order valence-corrected chi connectivity index (χ3v) is 1.13. The van der Waals surface area contributed by atoms with Gasteiger partial charge in [0, 0.05) is 6.92 Å². The van der Waals surface area contributed by atoms with Crippen LogP contribution < -0.4 is 9.67 Å². The standard InChI is InChI=1S/C6H7NO3/c1-4-3-7(2)5(10-4)6(8)9/h3H,1-2H3. The Morgan fingerprint density at radius 3 is 2.60 bits per heavy atom. The molecule has 4 heteroatoms. The summed E-state index contributed by atoms with van der Waals surface area (Å²) in [7, 11) is 1.58. The number of carboxylic acid groups (broad SMARTS) is 1. The van der Waals surface area contributed by atoms with E-state index >= 15 is 0 Å². The van der Waals surface area contributed by atoms with E-state index in [9.17, 15) is 9.90 Å². The summed E-state index contributed by atoms with van der Waals surface area (Å²) in [6.07, 6.45) is 1.57. The number of hydrogen-bond acceptors (Lipinski definition) is 3. The Morgan fingerprint density at radius 2 is 2.40 bits per heavy atom. The molecule has 1 aromatic heterocycles. The average molecular weight is 141 g/mol. The zero-order valence-corrected chi connectivity index (χ0v) is 5.75. The van der Waals surface area contributed by atoms with Crippen LogP contribution in [0.2, 0.25) is 0 Å². The molecule has 0 aromatic carbocycles. The predicted molar refractivity (Wildman–Crippen MR) is 29.0 cm³/mol. The fraction of sp³-hybridized carbons (Fsp3) is 0.333. The summed E-state index contributed by atoms with van der Waals surface area (Å²) in [4.78, 5) is 10.2. The largest absolute Gasteiger partial charge is 0.537 e. The van der Waals surface area contributed by atoms with Gasteiger partial charge in [0.25, 0.3) is 0 Å².